The zero-order valence-corrected chi connectivity index (χ0v) is 14.8. The SMILES string of the molecule is CC(O)C1CCN(c2nccnc2N2CCC(C(C)O)CC2)CC1. The zero-order chi connectivity index (χ0) is 17.1. The van der Waals surface area contributed by atoms with E-state index < -0.39 is 0 Å². The van der Waals surface area contributed by atoms with E-state index in [0.29, 0.717) is 11.8 Å². The van der Waals surface area contributed by atoms with Crippen LogP contribution in [0.1, 0.15) is 39.5 Å². The average Bonchev–Trinajstić information content (AvgIpc) is 2.62. The molecule has 2 aliphatic heterocycles. The van der Waals surface area contributed by atoms with Gasteiger partial charge >= 0.3 is 0 Å². The average molecular weight is 334 g/mol. The molecule has 2 unspecified atom stereocenters. The molecule has 6 nitrogen and oxygen atoms in total. The van der Waals surface area contributed by atoms with Crippen LogP contribution in [0.5, 0.6) is 0 Å². The largest absolute Gasteiger partial charge is 0.393 e. The van der Waals surface area contributed by atoms with Crippen LogP contribution in [0.3, 0.4) is 0 Å². The number of hydrogen-bond acceptors (Lipinski definition) is 6. The summed E-state index contributed by atoms with van der Waals surface area (Å²) in [5, 5.41) is 19.6. The number of rotatable bonds is 4. The lowest BCUT2D eigenvalue weighted by atomic mass is 9.91. The van der Waals surface area contributed by atoms with Gasteiger partial charge in [0, 0.05) is 38.6 Å². The molecule has 0 aliphatic carbocycles. The van der Waals surface area contributed by atoms with Crippen molar-refractivity contribution >= 4 is 11.6 Å². The molecule has 3 heterocycles. The van der Waals surface area contributed by atoms with Gasteiger partial charge in [0.05, 0.1) is 12.2 Å². The van der Waals surface area contributed by atoms with E-state index in [0.717, 1.165) is 63.5 Å². The second-order valence-corrected chi connectivity index (χ2v) is 7.33. The van der Waals surface area contributed by atoms with Crippen molar-refractivity contribution in [3.8, 4) is 0 Å². The summed E-state index contributed by atoms with van der Waals surface area (Å²) in [6, 6.07) is 0. The molecular formula is C18H30N4O2. The molecule has 0 aromatic carbocycles. The summed E-state index contributed by atoms with van der Waals surface area (Å²) in [6.07, 6.45) is 7.07. The third kappa shape index (κ3) is 3.81. The Labute approximate surface area is 144 Å². The summed E-state index contributed by atoms with van der Waals surface area (Å²) in [7, 11) is 0. The first-order chi connectivity index (χ1) is 11.6. The van der Waals surface area contributed by atoms with Gasteiger partial charge < -0.3 is 20.0 Å². The smallest absolute Gasteiger partial charge is 0.171 e. The van der Waals surface area contributed by atoms with Crippen LogP contribution in [-0.2, 0) is 0 Å². The molecule has 2 aliphatic rings. The van der Waals surface area contributed by atoms with Crippen molar-refractivity contribution in [2.24, 2.45) is 11.8 Å². The maximum absolute atomic E-state index is 9.79. The topological polar surface area (TPSA) is 72.7 Å². The minimum absolute atomic E-state index is 0.229. The summed E-state index contributed by atoms with van der Waals surface area (Å²) >= 11 is 0. The van der Waals surface area contributed by atoms with Crippen molar-refractivity contribution in [3.05, 3.63) is 12.4 Å². The standard InChI is InChI=1S/C18H30N4O2/c1-13(23)15-3-9-21(10-4-15)17-18(20-8-7-19-17)22-11-5-16(6-12-22)14(2)24/h7-8,13-16,23-24H,3-6,9-12H2,1-2H3. The molecule has 2 atom stereocenters. The molecule has 0 bridgehead atoms. The second-order valence-electron chi connectivity index (χ2n) is 7.33. The molecule has 0 radical (unpaired) electrons. The Kier molecular flexibility index (Phi) is 5.56. The molecule has 6 heteroatoms. The van der Waals surface area contributed by atoms with Crippen LogP contribution < -0.4 is 9.80 Å². The van der Waals surface area contributed by atoms with E-state index in [1.807, 2.05) is 13.8 Å². The van der Waals surface area contributed by atoms with Gasteiger partial charge in [0.25, 0.3) is 0 Å². The highest BCUT2D eigenvalue weighted by atomic mass is 16.3. The minimum atomic E-state index is -0.229. The first-order valence-corrected chi connectivity index (χ1v) is 9.23. The van der Waals surface area contributed by atoms with Crippen molar-refractivity contribution in [1.29, 1.82) is 0 Å². The Balaban J connectivity index is 1.68. The Morgan fingerprint density at radius 2 is 1.12 bits per heavy atom. The number of anilines is 2. The third-order valence-corrected chi connectivity index (χ3v) is 5.70. The van der Waals surface area contributed by atoms with Crippen molar-refractivity contribution in [2.75, 3.05) is 36.0 Å². The van der Waals surface area contributed by atoms with Crippen molar-refractivity contribution in [3.63, 3.8) is 0 Å². The van der Waals surface area contributed by atoms with Crippen molar-refractivity contribution < 1.29 is 10.2 Å². The monoisotopic (exact) mass is 334 g/mol. The van der Waals surface area contributed by atoms with Crippen LogP contribution in [0.4, 0.5) is 11.6 Å². The highest BCUT2D eigenvalue weighted by Crippen LogP contribution is 2.32. The number of piperidine rings is 2. The molecule has 2 N–H and O–H groups in total. The zero-order valence-electron chi connectivity index (χ0n) is 14.8. The lowest BCUT2D eigenvalue weighted by Crippen LogP contribution is -2.41. The minimum Gasteiger partial charge on any atom is -0.393 e. The van der Waals surface area contributed by atoms with Gasteiger partial charge in [-0.15, -0.1) is 0 Å². The van der Waals surface area contributed by atoms with Crippen molar-refractivity contribution in [2.45, 2.75) is 51.7 Å². The van der Waals surface area contributed by atoms with Gasteiger partial charge in [-0.25, -0.2) is 9.97 Å². The molecule has 0 amide bonds. The fourth-order valence-electron chi connectivity index (χ4n) is 3.96. The van der Waals surface area contributed by atoms with Gasteiger partial charge in [-0.3, -0.25) is 0 Å². The normalized spacial score (nSPS) is 23.3. The van der Waals surface area contributed by atoms with Crippen LogP contribution in [0.2, 0.25) is 0 Å². The van der Waals surface area contributed by atoms with Gasteiger partial charge in [0.15, 0.2) is 11.6 Å². The maximum atomic E-state index is 9.79. The number of aromatic nitrogens is 2. The molecule has 3 rings (SSSR count). The molecule has 0 saturated carbocycles. The van der Waals surface area contributed by atoms with Gasteiger partial charge in [0.1, 0.15) is 0 Å². The van der Waals surface area contributed by atoms with E-state index in [4.69, 9.17) is 0 Å². The van der Waals surface area contributed by atoms with Crippen LogP contribution in [0.15, 0.2) is 12.4 Å². The molecule has 134 valence electrons. The van der Waals surface area contributed by atoms with E-state index >= 15 is 0 Å². The molecule has 2 fully saturated rings. The molecular weight excluding hydrogens is 304 g/mol. The van der Waals surface area contributed by atoms with Crippen LogP contribution in [-0.4, -0.2) is 58.6 Å². The molecule has 1 aromatic rings. The Bertz CT molecular complexity index is 475. The summed E-state index contributed by atoms with van der Waals surface area (Å²) < 4.78 is 0. The highest BCUT2D eigenvalue weighted by molar-refractivity contribution is 5.62. The predicted molar refractivity (Wildman–Crippen MR) is 95.3 cm³/mol. The van der Waals surface area contributed by atoms with E-state index in [9.17, 15) is 10.2 Å². The maximum Gasteiger partial charge on any atom is 0.171 e. The molecule has 24 heavy (non-hydrogen) atoms. The number of aliphatic hydroxyl groups is 2. The first-order valence-electron chi connectivity index (χ1n) is 9.23. The molecule has 0 spiro atoms. The first kappa shape index (κ1) is 17.4. The Hall–Kier alpha value is -1.40. The quantitative estimate of drug-likeness (QED) is 0.873. The lowest BCUT2D eigenvalue weighted by molar-refractivity contribution is 0.109. The lowest BCUT2D eigenvalue weighted by Gasteiger charge is -2.38. The van der Waals surface area contributed by atoms with E-state index in [-0.39, 0.29) is 12.2 Å². The van der Waals surface area contributed by atoms with Crippen LogP contribution in [0, 0.1) is 11.8 Å². The number of nitrogens with zero attached hydrogens (tertiary/aromatic N) is 4. The van der Waals surface area contributed by atoms with E-state index in [1.165, 1.54) is 0 Å². The van der Waals surface area contributed by atoms with Gasteiger partial charge in [-0.05, 0) is 51.4 Å². The number of aliphatic hydroxyl groups excluding tert-OH is 2. The summed E-state index contributed by atoms with van der Waals surface area (Å²) in [6.45, 7) is 7.47. The van der Waals surface area contributed by atoms with Crippen LogP contribution in [0.25, 0.3) is 0 Å². The summed E-state index contributed by atoms with van der Waals surface area (Å²) in [5.74, 6) is 2.72. The summed E-state index contributed by atoms with van der Waals surface area (Å²) in [4.78, 5) is 13.8. The fraction of sp³-hybridized carbons (Fsp3) is 0.778. The second kappa shape index (κ2) is 7.66. The predicted octanol–water partition coefficient (Wildman–Crippen LogP) is 1.67. The fourth-order valence-corrected chi connectivity index (χ4v) is 3.96. The van der Waals surface area contributed by atoms with Gasteiger partial charge in [-0.2, -0.15) is 0 Å². The van der Waals surface area contributed by atoms with Gasteiger partial charge in [-0.1, -0.05) is 0 Å². The molecule has 2 saturated heterocycles. The Morgan fingerprint density at radius 3 is 1.42 bits per heavy atom. The van der Waals surface area contributed by atoms with Crippen molar-refractivity contribution in [1.82, 2.24) is 9.97 Å². The third-order valence-electron chi connectivity index (χ3n) is 5.70. The molecule has 1 aromatic heterocycles. The van der Waals surface area contributed by atoms with E-state index in [2.05, 4.69) is 19.8 Å². The number of hydrogen-bond donors (Lipinski definition) is 2. The van der Waals surface area contributed by atoms with E-state index in [1.54, 1.807) is 12.4 Å². The summed E-state index contributed by atoms with van der Waals surface area (Å²) in [5.41, 5.74) is 0. The Morgan fingerprint density at radius 1 is 0.792 bits per heavy atom. The van der Waals surface area contributed by atoms with Gasteiger partial charge in [0.2, 0.25) is 0 Å². The van der Waals surface area contributed by atoms with Crippen LogP contribution >= 0.6 is 0 Å². The highest BCUT2D eigenvalue weighted by Gasteiger charge is 2.29.